The third-order valence-electron chi connectivity index (χ3n) is 1.83. The zero-order valence-electron chi connectivity index (χ0n) is 9.90. The fraction of sp³-hybridized carbons (Fsp3) is 0.571. The van der Waals surface area contributed by atoms with Crippen molar-refractivity contribution in [3.05, 3.63) is 10.00 Å². The predicted octanol–water partition coefficient (Wildman–Crippen LogP) is -3.71. The van der Waals surface area contributed by atoms with Crippen LogP contribution in [0.3, 0.4) is 0 Å². The van der Waals surface area contributed by atoms with Gasteiger partial charge in [-0.25, -0.2) is 0 Å². The average Bonchev–Trinajstić information content (AvgIpc) is 2.30. The van der Waals surface area contributed by atoms with Gasteiger partial charge in [0.1, 0.15) is 5.76 Å². The minimum absolute atomic E-state index is 0. The third kappa shape index (κ3) is 5.02. The summed E-state index contributed by atoms with van der Waals surface area (Å²) in [5.74, 6) is -2.45. The van der Waals surface area contributed by atoms with Crippen molar-refractivity contribution in [3.63, 3.8) is 0 Å². The van der Waals surface area contributed by atoms with Crippen molar-refractivity contribution in [2.75, 3.05) is 13.2 Å². The standard InChI is InChI=1S/C7H10O9S2.Na/c8-5(1-2-6(9)10)7-17(11,12)15-3-4-16-18(7,13)14;/h8H,1-4H2,(H,9,10);/q;+1. The van der Waals surface area contributed by atoms with Gasteiger partial charge in [0, 0.05) is 6.42 Å². The number of rotatable bonds is 3. The molecule has 0 aromatic heterocycles. The van der Waals surface area contributed by atoms with E-state index in [2.05, 4.69) is 8.37 Å². The van der Waals surface area contributed by atoms with Crippen LogP contribution in [0, 0.1) is 0 Å². The molecule has 0 unspecified atom stereocenters. The Morgan fingerprint density at radius 2 is 1.42 bits per heavy atom. The molecule has 0 aliphatic carbocycles. The zero-order valence-corrected chi connectivity index (χ0v) is 13.5. The van der Waals surface area contributed by atoms with E-state index in [1.54, 1.807) is 0 Å². The molecule has 1 rings (SSSR count). The van der Waals surface area contributed by atoms with Gasteiger partial charge < -0.3 is 10.2 Å². The van der Waals surface area contributed by atoms with Crippen LogP contribution >= 0.6 is 0 Å². The van der Waals surface area contributed by atoms with Crippen LogP contribution in [0.1, 0.15) is 12.8 Å². The zero-order chi connectivity index (χ0) is 14.0. The molecule has 1 heterocycles. The van der Waals surface area contributed by atoms with Crippen molar-refractivity contribution in [1.82, 2.24) is 0 Å². The quantitative estimate of drug-likeness (QED) is 0.304. The molecule has 104 valence electrons. The van der Waals surface area contributed by atoms with Crippen molar-refractivity contribution < 1.29 is 69.8 Å². The van der Waals surface area contributed by atoms with Crippen LogP contribution in [0.2, 0.25) is 0 Å². The molecular weight excluding hydrogens is 315 g/mol. The van der Waals surface area contributed by atoms with Crippen LogP contribution in [0.5, 0.6) is 0 Å². The van der Waals surface area contributed by atoms with Crippen molar-refractivity contribution >= 4 is 26.2 Å². The Morgan fingerprint density at radius 1 is 1.00 bits per heavy atom. The van der Waals surface area contributed by atoms with Crippen LogP contribution in [0.15, 0.2) is 10.00 Å². The number of aliphatic hydroxyl groups excluding tert-OH is 1. The Bertz CT molecular complexity index is 536. The molecule has 2 N–H and O–H groups in total. The van der Waals surface area contributed by atoms with Gasteiger partial charge in [-0.05, 0) is 0 Å². The molecule has 1 saturated heterocycles. The first-order valence-electron chi connectivity index (χ1n) is 4.59. The third-order valence-corrected chi connectivity index (χ3v) is 5.38. The first-order valence-corrected chi connectivity index (χ1v) is 7.41. The fourth-order valence-electron chi connectivity index (χ4n) is 1.14. The van der Waals surface area contributed by atoms with E-state index in [9.17, 15) is 26.7 Å². The molecule has 0 spiro atoms. The van der Waals surface area contributed by atoms with Crippen molar-refractivity contribution in [2.45, 2.75) is 12.8 Å². The van der Waals surface area contributed by atoms with Crippen molar-refractivity contribution in [1.29, 1.82) is 0 Å². The number of carboxylic acids is 1. The number of aliphatic carboxylic acids is 1. The molecule has 0 amide bonds. The second-order valence-electron chi connectivity index (χ2n) is 3.18. The molecule has 9 nitrogen and oxygen atoms in total. The minimum atomic E-state index is -4.69. The molecule has 1 aliphatic rings. The van der Waals surface area contributed by atoms with Gasteiger partial charge in [0.05, 0.1) is 19.6 Å². The van der Waals surface area contributed by atoms with Crippen LogP contribution in [-0.2, 0) is 33.4 Å². The summed E-state index contributed by atoms with van der Waals surface area (Å²) < 4.78 is 52.9. The van der Waals surface area contributed by atoms with Crippen LogP contribution in [0.4, 0.5) is 0 Å². The van der Waals surface area contributed by atoms with Gasteiger partial charge in [0.2, 0.25) is 4.24 Å². The van der Waals surface area contributed by atoms with Gasteiger partial charge in [-0.15, -0.1) is 0 Å². The molecule has 0 bridgehead atoms. The molecule has 1 aliphatic heterocycles. The summed E-state index contributed by atoms with van der Waals surface area (Å²) in [5, 5.41) is 17.8. The van der Waals surface area contributed by atoms with E-state index in [1.165, 1.54) is 0 Å². The summed E-state index contributed by atoms with van der Waals surface area (Å²) in [5.41, 5.74) is 0. The number of allylic oxidation sites excluding steroid dienone is 1. The fourth-order valence-corrected chi connectivity index (χ4v) is 3.99. The van der Waals surface area contributed by atoms with E-state index >= 15 is 0 Å². The molecule has 12 heteroatoms. The minimum Gasteiger partial charge on any atom is -0.510 e. The Morgan fingerprint density at radius 3 is 1.79 bits per heavy atom. The number of hydrogen-bond donors (Lipinski definition) is 2. The summed E-state index contributed by atoms with van der Waals surface area (Å²) in [6.45, 7) is -1.03. The number of carbonyl (C=O) groups is 1. The number of hydrogen-bond acceptors (Lipinski definition) is 8. The first-order chi connectivity index (χ1) is 8.17. The predicted molar refractivity (Wildman–Crippen MR) is 56.3 cm³/mol. The SMILES string of the molecule is O=C(O)CCC(O)=C1S(=O)(=O)OCCOS1(=O)=O.[Na+]. The van der Waals surface area contributed by atoms with Gasteiger partial charge >= 0.3 is 55.8 Å². The van der Waals surface area contributed by atoms with Crippen LogP contribution < -0.4 is 29.6 Å². The average molecular weight is 325 g/mol. The Balaban J connectivity index is 0.00000324. The molecule has 19 heavy (non-hydrogen) atoms. The molecule has 0 radical (unpaired) electrons. The van der Waals surface area contributed by atoms with Gasteiger partial charge in [-0.2, -0.15) is 16.8 Å². The summed E-state index contributed by atoms with van der Waals surface area (Å²) in [7, 11) is -9.38. The molecular formula is C7H10NaO9S2+. The summed E-state index contributed by atoms with van der Waals surface area (Å²) >= 11 is 0. The van der Waals surface area contributed by atoms with Gasteiger partial charge in [0.15, 0.2) is 0 Å². The second kappa shape index (κ2) is 7.02. The summed E-state index contributed by atoms with van der Waals surface area (Å²) in [6, 6.07) is 0. The topological polar surface area (TPSA) is 144 Å². The number of carboxylic acid groups (broad SMARTS) is 1. The Labute approximate surface area is 131 Å². The smallest absolute Gasteiger partial charge is 0.510 e. The maximum Gasteiger partial charge on any atom is 1.00 e. The van der Waals surface area contributed by atoms with Gasteiger partial charge in [0.25, 0.3) is 0 Å². The maximum absolute atomic E-state index is 11.5. The van der Waals surface area contributed by atoms with Crippen LogP contribution in [0.25, 0.3) is 0 Å². The van der Waals surface area contributed by atoms with E-state index in [-0.39, 0.29) is 29.6 Å². The Hall–Kier alpha value is -0.170. The molecule has 0 aromatic rings. The largest absolute Gasteiger partial charge is 1.00 e. The van der Waals surface area contributed by atoms with Gasteiger partial charge in [-0.1, -0.05) is 0 Å². The Kier molecular flexibility index (Phi) is 6.95. The molecule has 1 fully saturated rings. The van der Waals surface area contributed by atoms with Gasteiger partial charge in [-0.3, -0.25) is 13.2 Å². The number of aliphatic hydroxyl groups is 1. The second-order valence-corrected chi connectivity index (χ2v) is 6.54. The summed E-state index contributed by atoms with van der Waals surface area (Å²) in [6.07, 6.45) is -1.31. The van der Waals surface area contributed by atoms with E-state index in [4.69, 9.17) is 5.11 Å². The van der Waals surface area contributed by atoms with Crippen LogP contribution in [-0.4, -0.2) is 46.2 Å². The molecule has 0 atom stereocenters. The van der Waals surface area contributed by atoms with E-state index in [0.29, 0.717) is 0 Å². The van der Waals surface area contributed by atoms with Crippen molar-refractivity contribution in [3.8, 4) is 0 Å². The normalized spacial score (nSPS) is 20.9. The molecule has 0 saturated carbocycles. The molecule has 0 aromatic carbocycles. The monoisotopic (exact) mass is 325 g/mol. The van der Waals surface area contributed by atoms with Crippen molar-refractivity contribution in [2.24, 2.45) is 0 Å². The summed E-state index contributed by atoms with van der Waals surface area (Å²) in [4.78, 5) is 10.3. The first kappa shape index (κ1) is 18.8. The maximum atomic E-state index is 11.5. The van der Waals surface area contributed by atoms with E-state index < -0.39 is 62.3 Å². The van der Waals surface area contributed by atoms with E-state index in [0.717, 1.165) is 0 Å². The van der Waals surface area contributed by atoms with E-state index in [1.807, 2.05) is 0 Å².